The molecule has 1 aliphatic heterocycles. The number of thioether (sulfide) groups is 1. The van der Waals surface area contributed by atoms with Crippen LogP contribution < -0.4 is 0 Å². The minimum atomic E-state index is -1.06. The standard InChI is InChI=1S/C19H30O4S/c20-16(18-17(21)14-24-19(18)22)13-23-12-15-10-8-6-4-2-1-3-5-7-9-11-15/h15,18H,1-14H2. The molecule has 5 heteroatoms. The Hall–Kier alpha value is -0.680. The minimum absolute atomic E-state index is 0.0980. The maximum Gasteiger partial charge on any atom is 0.207 e. The molecule has 2 aliphatic rings. The van der Waals surface area contributed by atoms with E-state index < -0.39 is 5.92 Å². The molecule has 0 N–H and O–H groups in total. The predicted molar refractivity (Wildman–Crippen MR) is 96.1 cm³/mol. The van der Waals surface area contributed by atoms with Gasteiger partial charge in [0.1, 0.15) is 12.5 Å². The van der Waals surface area contributed by atoms with Gasteiger partial charge >= 0.3 is 0 Å². The molecule has 0 bridgehead atoms. The van der Waals surface area contributed by atoms with Crippen LogP contribution in [-0.2, 0) is 19.1 Å². The van der Waals surface area contributed by atoms with Crippen LogP contribution in [0.25, 0.3) is 0 Å². The van der Waals surface area contributed by atoms with Gasteiger partial charge in [0, 0.05) is 6.61 Å². The Morgan fingerprint density at radius 1 is 0.917 bits per heavy atom. The maximum atomic E-state index is 12.0. The Kier molecular flexibility index (Phi) is 9.03. The Labute approximate surface area is 149 Å². The van der Waals surface area contributed by atoms with Crippen LogP contribution in [0.15, 0.2) is 0 Å². The van der Waals surface area contributed by atoms with E-state index in [1.54, 1.807) is 0 Å². The molecule has 1 heterocycles. The van der Waals surface area contributed by atoms with Crippen LogP contribution in [0.5, 0.6) is 0 Å². The smallest absolute Gasteiger partial charge is 0.207 e. The van der Waals surface area contributed by atoms with Crippen molar-refractivity contribution in [1.82, 2.24) is 0 Å². The first-order chi connectivity index (χ1) is 11.7. The number of rotatable bonds is 5. The van der Waals surface area contributed by atoms with E-state index in [0.29, 0.717) is 12.5 Å². The summed E-state index contributed by atoms with van der Waals surface area (Å²) in [5.74, 6) is -1.04. The van der Waals surface area contributed by atoms with Crippen molar-refractivity contribution < 1.29 is 19.1 Å². The summed E-state index contributed by atoms with van der Waals surface area (Å²) in [5, 5.41) is -0.306. The highest BCUT2D eigenvalue weighted by molar-refractivity contribution is 8.15. The van der Waals surface area contributed by atoms with Crippen molar-refractivity contribution in [3.63, 3.8) is 0 Å². The van der Waals surface area contributed by atoms with Gasteiger partial charge in [-0.2, -0.15) is 0 Å². The van der Waals surface area contributed by atoms with Crippen LogP contribution >= 0.6 is 11.8 Å². The number of ether oxygens (including phenoxy) is 1. The lowest BCUT2D eigenvalue weighted by molar-refractivity contribution is -0.137. The lowest BCUT2D eigenvalue weighted by Gasteiger charge is -2.18. The summed E-state index contributed by atoms with van der Waals surface area (Å²) in [6.07, 6.45) is 14.1. The third-order valence-corrected chi connectivity index (χ3v) is 6.01. The SMILES string of the molecule is O=C(COCC1CCCCCCCCCCC1)C1C(=O)CSC1=O. The molecular formula is C19H30O4S. The van der Waals surface area contributed by atoms with E-state index in [9.17, 15) is 14.4 Å². The Balaban J connectivity index is 1.70. The summed E-state index contributed by atoms with van der Waals surface area (Å²) in [4.78, 5) is 35.2. The van der Waals surface area contributed by atoms with Crippen molar-refractivity contribution in [3.05, 3.63) is 0 Å². The van der Waals surface area contributed by atoms with Crippen LogP contribution in [0.1, 0.15) is 70.6 Å². The average Bonchev–Trinajstić information content (AvgIpc) is 2.88. The Bertz CT molecular complexity index is 407. The summed E-state index contributed by atoms with van der Waals surface area (Å²) >= 11 is 0.952. The fourth-order valence-electron chi connectivity index (χ4n) is 3.58. The molecule has 1 saturated heterocycles. The summed E-state index contributed by atoms with van der Waals surface area (Å²) in [5.41, 5.74) is 0. The van der Waals surface area contributed by atoms with Gasteiger partial charge < -0.3 is 4.74 Å². The maximum absolute atomic E-state index is 12.0. The van der Waals surface area contributed by atoms with Crippen LogP contribution in [0.4, 0.5) is 0 Å². The number of carbonyl (C=O) groups is 3. The first-order valence-corrected chi connectivity index (χ1v) is 10.5. The highest BCUT2D eigenvalue weighted by Crippen LogP contribution is 2.24. The summed E-state index contributed by atoms with van der Waals surface area (Å²) < 4.78 is 5.61. The molecule has 0 radical (unpaired) electrons. The molecule has 0 aromatic carbocycles. The van der Waals surface area contributed by atoms with Crippen LogP contribution in [0.3, 0.4) is 0 Å². The number of carbonyl (C=O) groups excluding carboxylic acids is 3. The normalized spacial score (nSPS) is 25.2. The lowest BCUT2D eigenvalue weighted by atomic mass is 9.93. The van der Waals surface area contributed by atoms with Gasteiger partial charge in [0.2, 0.25) is 5.12 Å². The summed E-state index contributed by atoms with van der Waals surface area (Å²) in [6, 6.07) is 0. The zero-order valence-electron chi connectivity index (χ0n) is 14.6. The van der Waals surface area contributed by atoms with Crippen molar-refractivity contribution in [2.24, 2.45) is 11.8 Å². The van der Waals surface area contributed by atoms with Crippen molar-refractivity contribution >= 4 is 28.4 Å². The van der Waals surface area contributed by atoms with E-state index in [2.05, 4.69) is 0 Å². The van der Waals surface area contributed by atoms with Gasteiger partial charge in [-0.05, 0) is 18.8 Å². The van der Waals surface area contributed by atoms with Crippen molar-refractivity contribution in [3.8, 4) is 0 Å². The van der Waals surface area contributed by atoms with Crippen LogP contribution in [0.2, 0.25) is 0 Å². The Morgan fingerprint density at radius 2 is 1.46 bits per heavy atom. The molecule has 0 aromatic rings. The molecule has 0 amide bonds. The van der Waals surface area contributed by atoms with E-state index in [4.69, 9.17) is 4.74 Å². The van der Waals surface area contributed by atoms with Crippen molar-refractivity contribution in [1.29, 1.82) is 0 Å². The fourth-order valence-corrected chi connectivity index (χ4v) is 4.46. The molecule has 24 heavy (non-hydrogen) atoms. The largest absolute Gasteiger partial charge is 0.373 e. The number of ketones is 2. The van der Waals surface area contributed by atoms with Gasteiger partial charge in [0.15, 0.2) is 11.6 Å². The first-order valence-electron chi connectivity index (χ1n) is 9.48. The number of Topliss-reactive ketones (excluding diaryl/α,β-unsaturated/α-hetero) is 2. The molecular weight excluding hydrogens is 324 g/mol. The molecule has 2 rings (SSSR count). The second kappa shape index (κ2) is 11.0. The second-order valence-electron chi connectivity index (χ2n) is 7.11. The van der Waals surface area contributed by atoms with Gasteiger partial charge in [-0.1, -0.05) is 69.5 Å². The summed E-state index contributed by atoms with van der Waals surface area (Å²) in [7, 11) is 0. The van der Waals surface area contributed by atoms with Crippen molar-refractivity contribution in [2.45, 2.75) is 70.6 Å². The van der Waals surface area contributed by atoms with E-state index in [1.165, 1.54) is 57.8 Å². The summed E-state index contributed by atoms with van der Waals surface area (Å²) in [6.45, 7) is 0.479. The minimum Gasteiger partial charge on any atom is -0.373 e. The monoisotopic (exact) mass is 354 g/mol. The molecule has 2 fully saturated rings. The number of hydrogen-bond acceptors (Lipinski definition) is 5. The lowest BCUT2D eigenvalue weighted by Crippen LogP contribution is -2.29. The average molecular weight is 355 g/mol. The second-order valence-corrected chi connectivity index (χ2v) is 8.09. The zero-order chi connectivity index (χ0) is 17.2. The molecule has 4 nitrogen and oxygen atoms in total. The van der Waals surface area contributed by atoms with Crippen LogP contribution in [-0.4, -0.2) is 35.6 Å². The molecule has 1 unspecified atom stereocenters. The highest BCUT2D eigenvalue weighted by Gasteiger charge is 2.39. The molecule has 136 valence electrons. The first kappa shape index (κ1) is 19.6. The molecule has 1 aliphatic carbocycles. The van der Waals surface area contributed by atoms with Gasteiger partial charge in [-0.15, -0.1) is 0 Å². The zero-order valence-corrected chi connectivity index (χ0v) is 15.4. The van der Waals surface area contributed by atoms with Gasteiger partial charge in [-0.25, -0.2) is 0 Å². The Morgan fingerprint density at radius 3 is 1.96 bits per heavy atom. The molecule has 1 atom stereocenters. The molecule has 0 aromatic heterocycles. The predicted octanol–water partition coefficient (Wildman–Crippen LogP) is 3.95. The van der Waals surface area contributed by atoms with E-state index >= 15 is 0 Å². The third-order valence-electron chi connectivity index (χ3n) is 5.06. The van der Waals surface area contributed by atoms with Gasteiger partial charge in [0.05, 0.1) is 5.75 Å². The fraction of sp³-hybridized carbons (Fsp3) is 0.842. The van der Waals surface area contributed by atoms with Gasteiger partial charge in [0.25, 0.3) is 0 Å². The molecule has 1 saturated carbocycles. The highest BCUT2D eigenvalue weighted by atomic mass is 32.2. The number of hydrogen-bond donors (Lipinski definition) is 0. The third kappa shape index (κ3) is 6.67. The van der Waals surface area contributed by atoms with Crippen molar-refractivity contribution in [2.75, 3.05) is 19.0 Å². The van der Waals surface area contributed by atoms with Crippen LogP contribution in [0, 0.1) is 11.8 Å². The topological polar surface area (TPSA) is 60.4 Å². The molecule has 0 spiro atoms. The quantitative estimate of drug-likeness (QED) is 0.700. The van der Waals surface area contributed by atoms with Gasteiger partial charge in [-0.3, -0.25) is 14.4 Å². The van der Waals surface area contributed by atoms with E-state index in [1.807, 2.05) is 0 Å². The van der Waals surface area contributed by atoms with E-state index in [-0.39, 0.29) is 29.0 Å². The van der Waals surface area contributed by atoms with E-state index in [0.717, 1.165) is 24.6 Å².